The maximum atomic E-state index is 12.3. The van der Waals surface area contributed by atoms with Crippen molar-refractivity contribution < 1.29 is 27.9 Å². The van der Waals surface area contributed by atoms with Crippen molar-refractivity contribution in [1.82, 2.24) is 9.62 Å². The molecule has 4 atom stereocenters. The number of likely N-dealkylation sites (tertiary alicyclic amines) is 1. The number of carbonyl (C=O) groups excluding carboxylic acids is 3. The summed E-state index contributed by atoms with van der Waals surface area (Å²) >= 11 is 0. The van der Waals surface area contributed by atoms with Gasteiger partial charge in [-0.15, -0.1) is 0 Å². The lowest BCUT2D eigenvalue weighted by atomic mass is 10.1. The van der Waals surface area contributed by atoms with Gasteiger partial charge in [-0.2, -0.15) is 0 Å². The van der Waals surface area contributed by atoms with Gasteiger partial charge in [-0.3, -0.25) is 19.1 Å². The van der Waals surface area contributed by atoms with Crippen LogP contribution in [0.3, 0.4) is 0 Å². The van der Waals surface area contributed by atoms with Crippen LogP contribution in [0.1, 0.15) is 71.1 Å². The van der Waals surface area contributed by atoms with E-state index in [1.165, 1.54) is 4.90 Å². The van der Waals surface area contributed by atoms with Crippen molar-refractivity contribution >= 4 is 27.7 Å². The van der Waals surface area contributed by atoms with Gasteiger partial charge in [-0.05, 0) is 51.4 Å². The first kappa shape index (κ1) is 24.7. The molecule has 32 heavy (non-hydrogen) atoms. The van der Waals surface area contributed by atoms with Gasteiger partial charge in [0.05, 0.1) is 10.9 Å². The number of aliphatic hydroxyl groups excluding tert-OH is 1. The van der Waals surface area contributed by atoms with E-state index in [2.05, 4.69) is 4.72 Å². The van der Waals surface area contributed by atoms with Crippen LogP contribution in [0.25, 0.3) is 0 Å². The molecule has 1 heterocycles. The average Bonchev–Trinajstić information content (AvgIpc) is 3.62. The molecule has 3 aliphatic rings. The second kappa shape index (κ2) is 9.91. The quantitative estimate of drug-likeness (QED) is 0.287. The van der Waals surface area contributed by atoms with Gasteiger partial charge < -0.3 is 15.7 Å². The highest BCUT2D eigenvalue weighted by atomic mass is 32.2. The first-order valence-corrected chi connectivity index (χ1v) is 13.0. The number of primary amides is 1. The number of amides is 3. The van der Waals surface area contributed by atoms with Gasteiger partial charge in [0, 0.05) is 25.3 Å². The van der Waals surface area contributed by atoms with Crippen molar-refractivity contribution in [2.75, 3.05) is 6.54 Å². The summed E-state index contributed by atoms with van der Waals surface area (Å²) in [6.45, 7) is 1.83. The van der Waals surface area contributed by atoms with E-state index in [4.69, 9.17) is 5.73 Å². The lowest BCUT2D eigenvalue weighted by molar-refractivity contribution is -0.137. The topological polar surface area (TPSA) is 147 Å². The standard InChI is InChI=1S/C22H35N3O6S/c1-22(10-11-22)32(30,31)24-21(29)17-12-15(17)8-6-4-2-3-5-7-9-19(27)25-14-16(26)13-18(25)20(23)28/h6,8,15-18,26H,2-5,7,9-14H2,1H3,(H2,23,28)(H,24,29)/b8-6-/t15-,16-,17+,18+/m1/s1. The third-order valence-corrected chi connectivity index (χ3v) is 9.01. The number of hydrogen-bond donors (Lipinski definition) is 3. The normalized spacial score (nSPS) is 28.6. The van der Waals surface area contributed by atoms with E-state index < -0.39 is 32.8 Å². The number of carbonyl (C=O) groups is 3. The van der Waals surface area contributed by atoms with E-state index in [1.54, 1.807) is 6.92 Å². The van der Waals surface area contributed by atoms with Gasteiger partial charge in [0.25, 0.3) is 0 Å². The molecule has 3 amide bonds. The van der Waals surface area contributed by atoms with Crippen LogP contribution in [0.2, 0.25) is 0 Å². The van der Waals surface area contributed by atoms with Crippen molar-refractivity contribution in [3.05, 3.63) is 12.2 Å². The number of nitrogens with one attached hydrogen (secondary N) is 1. The zero-order valence-corrected chi connectivity index (χ0v) is 19.5. The van der Waals surface area contributed by atoms with E-state index in [1.807, 2.05) is 12.2 Å². The van der Waals surface area contributed by atoms with Crippen molar-refractivity contribution in [2.45, 2.75) is 88.0 Å². The van der Waals surface area contributed by atoms with Crippen molar-refractivity contribution in [1.29, 1.82) is 0 Å². The summed E-state index contributed by atoms with van der Waals surface area (Å²) in [5.74, 6) is -1.23. The zero-order valence-electron chi connectivity index (χ0n) is 18.7. The van der Waals surface area contributed by atoms with Crippen LogP contribution in [-0.2, 0) is 24.4 Å². The number of rotatable bonds is 12. The molecule has 0 aromatic heterocycles. The molecule has 2 aliphatic carbocycles. The van der Waals surface area contributed by atoms with Crippen LogP contribution < -0.4 is 10.5 Å². The molecule has 0 spiro atoms. The number of β-amino-alcohol motifs (C(OH)–C–C–N with tert-alkyl or cyclic N) is 1. The Hall–Kier alpha value is -1.94. The molecular weight excluding hydrogens is 434 g/mol. The maximum absolute atomic E-state index is 12.3. The molecular formula is C22H35N3O6S. The Morgan fingerprint density at radius 3 is 2.50 bits per heavy atom. The number of nitrogens with two attached hydrogens (primary N) is 1. The largest absolute Gasteiger partial charge is 0.391 e. The molecule has 9 nitrogen and oxygen atoms in total. The van der Waals surface area contributed by atoms with Crippen LogP contribution in [0.5, 0.6) is 0 Å². The third-order valence-electron chi connectivity index (χ3n) is 6.84. The molecule has 0 unspecified atom stereocenters. The Morgan fingerprint density at radius 1 is 1.16 bits per heavy atom. The summed E-state index contributed by atoms with van der Waals surface area (Å²) in [4.78, 5) is 37.2. The number of unbranched alkanes of at least 4 members (excludes halogenated alkanes) is 4. The Kier molecular flexibility index (Phi) is 7.65. The second-order valence-corrected chi connectivity index (χ2v) is 11.9. The van der Waals surface area contributed by atoms with Crippen LogP contribution >= 0.6 is 0 Å². The molecule has 0 radical (unpaired) electrons. The van der Waals surface area contributed by atoms with Gasteiger partial charge in [0.15, 0.2) is 0 Å². The Bertz CT molecular complexity index is 867. The molecule has 0 aromatic rings. The first-order chi connectivity index (χ1) is 15.0. The second-order valence-electron chi connectivity index (χ2n) is 9.66. The highest BCUT2D eigenvalue weighted by Crippen LogP contribution is 2.44. The molecule has 180 valence electrons. The minimum atomic E-state index is -3.56. The van der Waals surface area contributed by atoms with E-state index in [-0.39, 0.29) is 36.6 Å². The molecule has 3 rings (SSSR count). The summed E-state index contributed by atoms with van der Waals surface area (Å²) in [7, 11) is -3.56. The van der Waals surface area contributed by atoms with E-state index in [0.717, 1.165) is 32.1 Å². The Morgan fingerprint density at radius 2 is 1.84 bits per heavy atom. The number of nitrogens with zero attached hydrogens (tertiary/aromatic N) is 1. The number of allylic oxidation sites excluding steroid dienone is 2. The summed E-state index contributed by atoms with van der Waals surface area (Å²) < 4.78 is 25.7. The minimum Gasteiger partial charge on any atom is -0.391 e. The fraction of sp³-hybridized carbons (Fsp3) is 0.773. The Balaban J connectivity index is 1.24. The highest BCUT2D eigenvalue weighted by Gasteiger charge is 2.52. The van der Waals surface area contributed by atoms with Crippen molar-refractivity contribution in [2.24, 2.45) is 17.6 Å². The van der Waals surface area contributed by atoms with Crippen molar-refractivity contribution in [3.63, 3.8) is 0 Å². The van der Waals surface area contributed by atoms with Crippen LogP contribution in [-0.4, -0.2) is 59.6 Å². The molecule has 2 saturated carbocycles. The van der Waals surface area contributed by atoms with Gasteiger partial charge in [-0.25, -0.2) is 8.42 Å². The smallest absolute Gasteiger partial charge is 0.240 e. The van der Waals surface area contributed by atoms with Crippen LogP contribution in [0, 0.1) is 11.8 Å². The monoisotopic (exact) mass is 469 g/mol. The SMILES string of the molecule is CC1(S(=O)(=O)NC(=O)[C@H]2C[C@H]2/C=C\CCCCCCC(=O)N2C[C@H](O)C[C@H]2C(N)=O)CC1. The predicted octanol–water partition coefficient (Wildman–Crippen LogP) is 0.965. The zero-order chi connectivity index (χ0) is 23.5. The predicted molar refractivity (Wildman–Crippen MR) is 118 cm³/mol. The van der Waals surface area contributed by atoms with Crippen LogP contribution in [0.4, 0.5) is 0 Å². The lowest BCUT2D eigenvalue weighted by Crippen LogP contribution is -2.43. The fourth-order valence-corrected chi connectivity index (χ4v) is 5.47. The third kappa shape index (κ3) is 6.10. The molecule has 0 bridgehead atoms. The maximum Gasteiger partial charge on any atom is 0.240 e. The van der Waals surface area contributed by atoms with E-state index in [9.17, 15) is 27.9 Å². The van der Waals surface area contributed by atoms with Gasteiger partial charge in [0.1, 0.15) is 6.04 Å². The summed E-state index contributed by atoms with van der Waals surface area (Å²) in [6, 6.07) is -0.701. The van der Waals surface area contributed by atoms with E-state index >= 15 is 0 Å². The summed E-state index contributed by atoms with van der Waals surface area (Å²) in [6.07, 6.45) is 10.2. The van der Waals surface area contributed by atoms with Crippen LogP contribution in [0.15, 0.2) is 12.2 Å². The van der Waals surface area contributed by atoms with E-state index in [0.29, 0.717) is 25.7 Å². The van der Waals surface area contributed by atoms with Crippen molar-refractivity contribution in [3.8, 4) is 0 Å². The number of hydrogen-bond acceptors (Lipinski definition) is 6. The fourth-order valence-electron chi connectivity index (χ4n) is 4.17. The molecule has 0 aromatic carbocycles. The Labute approximate surface area is 189 Å². The molecule has 4 N–H and O–H groups in total. The van der Waals surface area contributed by atoms with Gasteiger partial charge in [0.2, 0.25) is 27.7 Å². The summed E-state index contributed by atoms with van der Waals surface area (Å²) in [5, 5.41) is 9.68. The minimum absolute atomic E-state index is 0.115. The van der Waals surface area contributed by atoms with Gasteiger partial charge in [-0.1, -0.05) is 25.0 Å². The average molecular weight is 470 g/mol. The summed E-state index contributed by atoms with van der Waals surface area (Å²) in [5.41, 5.74) is 5.31. The molecule has 1 aliphatic heterocycles. The first-order valence-electron chi connectivity index (χ1n) is 11.5. The molecule has 1 saturated heterocycles. The molecule has 10 heteroatoms. The van der Waals surface area contributed by atoms with Gasteiger partial charge >= 0.3 is 0 Å². The highest BCUT2D eigenvalue weighted by molar-refractivity contribution is 7.91. The number of sulfonamides is 1. The lowest BCUT2D eigenvalue weighted by Gasteiger charge is -2.21. The molecule has 3 fully saturated rings. The number of aliphatic hydroxyl groups is 1.